The molecule has 0 saturated heterocycles. The minimum Gasteiger partial charge on any atom is -0.273 e. The molecule has 2 aromatic rings. The van der Waals surface area contributed by atoms with Gasteiger partial charge in [0.15, 0.2) is 0 Å². The van der Waals surface area contributed by atoms with Gasteiger partial charge in [0.25, 0.3) is 15.9 Å². The first kappa shape index (κ1) is 18.1. The van der Waals surface area contributed by atoms with Crippen LogP contribution in [-0.2, 0) is 22.9 Å². The van der Waals surface area contributed by atoms with Gasteiger partial charge in [-0.25, -0.2) is 8.42 Å². The fraction of sp³-hybridized carbons (Fsp3) is 0.389. The average molecular weight is 379 g/mol. The lowest BCUT2D eigenvalue weighted by atomic mass is 9.99. The number of benzene rings is 1. The van der Waals surface area contributed by atoms with Crippen molar-refractivity contribution in [1.82, 2.24) is 10.3 Å². The fourth-order valence-corrected chi connectivity index (χ4v) is 4.87. The van der Waals surface area contributed by atoms with E-state index < -0.39 is 15.9 Å². The number of carbonyl (C=O) groups excluding carboxylic acids is 1. The molecule has 1 aliphatic rings. The van der Waals surface area contributed by atoms with Crippen LogP contribution in [0, 0.1) is 0 Å². The third-order valence-electron chi connectivity index (χ3n) is 4.64. The summed E-state index contributed by atoms with van der Waals surface area (Å²) in [6, 6.07) is 8.62. The van der Waals surface area contributed by atoms with Crippen molar-refractivity contribution in [3.63, 3.8) is 0 Å². The van der Waals surface area contributed by atoms with Gasteiger partial charge >= 0.3 is 0 Å². The van der Waals surface area contributed by atoms with Crippen LogP contribution in [0.3, 0.4) is 0 Å². The first-order chi connectivity index (χ1) is 11.9. The second-order valence-corrected chi connectivity index (χ2v) is 9.17. The van der Waals surface area contributed by atoms with Crippen molar-refractivity contribution < 1.29 is 13.2 Å². The lowest BCUT2D eigenvalue weighted by Gasteiger charge is -2.11. The summed E-state index contributed by atoms with van der Waals surface area (Å²) in [5.41, 5.74) is 4.61. The predicted octanol–water partition coefficient (Wildman–Crippen LogP) is 3.37. The summed E-state index contributed by atoms with van der Waals surface area (Å²) in [5.74, 6) is -0.0376. The largest absolute Gasteiger partial charge is 0.276 e. The molecule has 1 unspecified atom stereocenters. The minimum atomic E-state index is -3.78. The summed E-state index contributed by atoms with van der Waals surface area (Å²) in [6.07, 6.45) is 4.11. The van der Waals surface area contributed by atoms with Crippen LogP contribution < -0.4 is 10.3 Å². The molecular weight excluding hydrogens is 356 g/mol. The summed E-state index contributed by atoms with van der Waals surface area (Å²) in [4.78, 5) is 16.3. The normalized spacial score (nSPS) is 15.0. The Labute approximate surface area is 152 Å². The second-order valence-electron chi connectivity index (χ2n) is 6.35. The molecule has 5 nitrogen and oxygen atoms in total. The van der Waals surface area contributed by atoms with Gasteiger partial charge in [-0.15, -0.1) is 16.2 Å². The Morgan fingerprint density at radius 3 is 2.60 bits per heavy atom. The highest BCUT2D eigenvalue weighted by Gasteiger charge is 2.20. The molecule has 1 heterocycles. The monoisotopic (exact) mass is 378 g/mol. The first-order valence-corrected chi connectivity index (χ1v) is 10.7. The van der Waals surface area contributed by atoms with Crippen molar-refractivity contribution in [2.24, 2.45) is 0 Å². The van der Waals surface area contributed by atoms with Gasteiger partial charge in [-0.1, -0.05) is 26.0 Å². The average Bonchev–Trinajstić information content (AvgIpc) is 3.21. The Kier molecular flexibility index (Phi) is 5.27. The summed E-state index contributed by atoms with van der Waals surface area (Å²) in [6.45, 7) is 4.19. The maximum atomic E-state index is 12.3. The standard InChI is InChI=1S/C18H22N2O3S2/c1-3-12(2)13-7-9-15(10-8-13)25(22,23)20-19-18(21)17-11-14-5-4-6-16(14)24-17/h7-12,20H,3-6H2,1-2H3,(H,19,21). The maximum Gasteiger partial charge on any atom is 0.276 e. The Morgan fingerprint density at radius 2 is 1.96 bits per heavy atom. The van der Waals surface area contributed by atoms with E-state index >= 15 is 0 Å². The van der Waals surface area contributed by atoms with E-state index in [4.69, 9.17) is 0 Å². The molecule has 7 heteroatoms. The number of amides is 1. The number of hydrogen-bond donors (Lipinski definition) is 2. The molecule has 0 radical (unpaired) electrons. The highest BCUT2D eigenvalue weighted by Crippen LogP contribution is 2.30. The molecule has 25 heavy (non-hydrogen) atoms. The smallest absolute Gasteiger partial charge is 0.273 e. The van der Waals surface area contributed by atoms with Crippen LogP contribution in [-0.4, -0.2) is 14.3 Å². The van der Waals surface area contributed by atoms with E-state index in [9.17, 15) is 13.2 Å². The van der Waals surface area contributed by atoms with E-state index in [0.717, 1.165) is 31.2 Å². The minimum absolute atomic E-state index is 0.133. The van der Waals surface area contributed by atoms with E-state index in [2.05, 4.69) is 24.1 Å². The molecule has 0 bridgehead atoms. The van der Waals surface area contributed by atoms with Crippen molar-refractivity contribution in [3.8, 4) is 0 Å². The number of sulfonamides is 1. The van der Waals surface area contributed by atoms with E-state index in [0.29, 0.717) is 10.8 Å². The first-order valence-electron chi connectivity index (χ1n) is 8.44. The van der Waals surface area contributed by atoms with Crippen LogP contribution >= 0.6 is 11.3 Å². The van der Waals surface area contributed by atoms with Crippen molar-refractivity contribution in [2.45, 2.75) is 50.3 Å². The van der Waals surface area contributed by atoms with E-state index in [1.54, 1.807) is 12.1 Å². The molecular formula is C18H22N2O3S2. The molecule has 0 aliphatic heterocycles. The Morgan fingerprint density at radius 1 is 1.24 bits per heavy atom. The van der Waals surface area contributed by atoms with Gasteiger partial charge in [-0.05, 0) is 60.9 Å². The van der Waals surface area contributed by atoms with Gasteiger partial charge in [-0.3, -0.25) is 10.2 Å². The van der Waals surface area contributed by atoms with Gasteiger partial charge in [-0.2, -0.15) is 0 Å². The Balaban J connectivity index is 1.65. The van der Waals surface area contributed by atoms with Crippen LogP contribution in [0.1, 0.15) is 58.3 Å². The van der Waals surface area contributed by atoms with Crippen molar-refractivity contribution >= 4 is 27.3 Å². The number of nitrogens with one attached hydrogen (secondary N) is 2. The SMILES string of the molecule is CCC(C)c1ccc(S(=O)(=O)NNC(=O)c2cc3c(s2)CCC3)cc1. The van der Waals surface area contributed by atoms with E-state index in [-0.39, 0.29) is 4.90 Å². The number of fused-ring (bicyclic) bond motifs is 1. The summed E-state index contributed by atoms with van der Waals surface area (Å²) in [5, 5.41) is 0. The van der Waals surface area contributed by atoms with Crippen molar-refractivity contribution in [2.75, 3.05) is 0 Å². The fourth-order valence-electron chi connectivity index (χ4n) is 2.89. The molecule has 1 atom stereocenters. The van der Waals surface area contributed by atoms with Crippen molar-refractivity contribution in [3.05, 3.63) is 51.2 Å². The molecule has 2 N–H and O–H groups in total. The number of aryl methyl sites for hydroxylation is 2. The Bertz CT molecular complexity index is 849. The zero-order valence-corrected chi connectivity index (χ0v) is 16.0. The van der Waals surface area contributed by atoms with Gasteiger partial charge in [0, 0.05) is 4.88 Å². The number of thiophene rings is 1. The Hall–Kier alpha value is -1.70. The molecule has 3 rings (SSSR count). The van der Waals surface area contributed by atoms with Gasteiger partial charge < -0.3 is 0 Å². The second kappa shape index (κ2) is 7.27. The third kappa shape index (κ3) is 3.94. The lowest BCUT2D eigenvalue weighted by Crippen LogP contribution is -2.41. The summed E-state index contributed by atoms with van der Waals surface area (Å²) < 4.78 is 24.7. The number of carbonyl (C=O) groups is 1. The quantitative estimate of drug-likeness (QED) is 0.757. The molecule has 1 aliphatic carbocycles. The predicted molar refractivity (Wildman–Crippen MR) is 99.3 cm³/mol. The zero-order valence-electron chi connectivity index (χ0n) is 14.3. The van der Waals surface area contributed by atoms with Crippen LogP contribution in [0.25, 0.3) is 0 Å². The third-order valence-corrected chi connectivity index (χ3v) is 7.14. The molecule has 0 saturated carbocycles. The summed E-state index contributed by atoms with van der Waals surface area (Å²) >= 11 is 1.44. The molecule has 1 aromatic carbocycles. The van der Waals surface area contributed by atoms with Crippen LogP contribution in [0.5, 0.6) is 0 Å². The lowest BCUT2D eigenvalue weighted by molar-refractivity contribution is 0.0949. The number of rotatable bonds is 6. The van der Waals surface area contributed by atoms with E-state index in [1.807, 2.05) is 18.2 Å². The van der Waals surface area contributed by atoms with Crippen molar-refractivity contribution in [1.29, 1.82) is 0 Å². The zero-order chi connectivity index (χ0) is 18.0. The molecule has 0 fully saturated rings. The highest BCUT2D eigenvalue weighted by atomic mass is 32.2. The topological polar surface area (TPSA) is 75.3 Å². The van der Waals surface area contributed by atoms with E-state index in [1.165, 1.54) is 21.8 Å². The molecule has 1 aromatic heterocycles. The van der Waals surface area contributed by atoms with Crippen LogP contribution in [0.2, 0.25) is 0 Å². The van der Waals surface area contributed by atoms with Crippen LogP contribution in [0.15, 0.2) is 35.2 Å². The van der Waals surface area contributed by atoms with Gasteiger partial charge in [0.05, 0.1) is 9.77 Å². The molecule has 0 spiro atoms. The van der Waals surface area contributed by atoms with Gasteiger partial charge in [0.1, 0.15) is 0 Å². The number of hydrazine groups is 1. The molecule has 134 valence electrons. The number of hydrogen-bond acceptors (Lipinski definition) is 4. The highest BCUT2D eigenvalue weighted by molar-refractivity contribution is 7.89. The molecule has 1 amide bonds. The van der Waals surface area contributed by atoms with Gasteiger partial charge in [0.2, 0.25) is 0 Å². The summed E-state index contributed by atoms with van der Waals surface area (Å²) in [7, 11) is -3.78. The van der Waals surface area contributed by atoms with Crippen LogP contribution in [0.4, 0.5) is 0 Å². The maximum absolute atomic E-state index is 12.3.